The van der Waals surface area contributed by atoms with Crippen molar-refractivity contribution in [2.75, 3.05) is 7.11 Å². The molecule has 0 spiro atoms. The van der Waals surface area contributed by atoms with Crippen molar-refractivity contribution in [2.45, 2.75) is 71.1 Å². The molecule has 0 unspecified atom stereocenters. The van der Waals surface area contributed by atoms with Gasteiger partial charge >= 0.3 is 5.97 Å². The van der Waals surface area contributed by atoms with Gasteiger partial charge in [-0.15, -0.1) is 0 Å². The number of ether oxygens (including phenoxy) is 1. The van der Waals surface area contributed by atoms with Crippen molar-refractivity contribution in [3.8, 4) is 11.1 Å². The molecule has 2 aromatic carbocycles. The third-order valence-corrected chi connectivity index (χ3v) is 6.62. The zero-order valence-electron chi connectivity index (χ0n) is 18.2. The first-order chi connectivity index (χ1) is 14.2. The largest absolute Gasteiger partial charge is 0.465 e. The second kappa shape index (κ2) is 11.2. The van der Waals surface area contributed by atoms with Crippen LogP contribution in [0.15, 0.2) is 48.5 Å². The van der Waals surface area contributed by atoms with Crippen LogP contribution in [0.2, 0.25) is 0 Å². The van der Waals surface area contributed by atoms with Crippen LogP contribution in [-0.4, -0.2) is 13.1 Å². The predicted octanol–water partition coefficient (Wildman–Crippen LogP) is 7.46. The van der Waals surface area contributed by atoms with Gasteiger partial charge in [-0.2, -0.15) is 0 Å². The summed E-state index contributed by atoms with van der Waals surface area (Å²) in [5.74, 6) is 1.63. The van der Waals surface area contributed by atoms with Gasteiger partial charge in [0.1, 0.15) is 0 Å². The number of benzene rings is 2. The Morgan fingerprint density at radius 1 is 0.828 bits per heavy atom. The highest BCUT2D eigenvalue weighted by Crippen LogP contribution is 2.34. The van der Waals surface area contributed by atoms with E-state index in [4.69, 9.17) is 4.74 Å². The highest BCUT2D eigenvalue weighted by molar-refractivity contribution is 5.89. The van der Waals surface area contributed by atoms with E-state index >= 15 is 0 Å². The first kappa shape index (κ1) is 21.6. The lowest BCUT2D eigenvalue weighted by Crippen LogP contribution is -2.15. The summed E-state index contributed by atoms with van der Waals surface area (Å²) in [4.78, 5) is 11.6. The van der Waals surface area contributed by atoms with Gasteiger partial charge in [0.15, 0.2) is 0 Å². The molecule has 0 amide bonds. The Balaban J connectivity index is 1.45. The zero-order chi connectivity index (χ0) is 20.5. The molecule has 3 rings (SSSR count). The van der Waals surface area contributed by atoms with E-state index in [9.17, 15) is 4.79 Å². The summed E-state index contributed by atoms with van der Waals surface area (Å²) >= 11 is 0. The fourth-order valence-corrected chi connectivity index (χ4v) is 4.64. The summed E-state index contributed by atoms with van der Waals surface area (Å²) in [6.07, 6.45) is 13.9. The maximum atomic E-state index is 11.6. The number of rotatable bonds is 9. The highest BCUT2D eigenvalue weighted by atomic mass is 16.5. The Kier molecular flexibility index (Phi) is 8.34. The second-order valence-electron chi connectivity index (χ2n) is 8.69. The van der Waals surface area contributed by atoms with Crippen LogP contribution in [0.4, 0.5) is 0 Å². The Bertz CT molecular complexity index is 737. The van der Waals surface area contributed by atoms with Crippen LogP contribution in [0.25, 0.3) is 11.1 Å². The number of aryl methyl sites for hydroxylation is 1. The average molecular weight is 393 g/mol. The molecule has 2 heteroatoms. The van der Waals surface area contributed by atoms with Gasteiger partial charge < -0.3 is 4.74 Å². The Morgan fingerprint density at radius 3 is 1.93 bits per heavy atom. The van der Waals surface area contributed by atoms with Crippen molar-refractivity contribution in [2.24, 2.45) is 11.8 Å². The fourth-order valence-electron chi connectivity index (χ4n) is 4.64. The Morgan fingerprint density at radius 2 is 1.38 bits per heavy atom. The standard InChI is InChI=1S/C27H36O2/c1-3-4-5-6-21-7-9-22(10-8-21)11-12-23-13-15-24(16-14-23)25-17-19-26(20-18-25)27(28)29-2/h13-22H,3-12H2,1-2H3/t21-,22-. The molecule has 0 saturated heterocycles. The monoisotopic (exact) mass is 392 g/mol. The van der Waals surface area contributed by atoms with Crippen LogP contribution >= 0.6 is 0 Å². The van der Waals surface area contributed by atoms with E-state index in [-0.39, 0.29) is 5.97 Å². The molecule has 0 radical (unpaired) electrons. The number of carbonyl (C=O) groups excluding carboxylic acids is 1. The molecular weight excluding hydrogens is 356 g/mol. The topological polar surface area (TPSA) is 26.3 Å². The van der Waals surface area contributed by atoms with E-state index in [2.05, 4.69) is 31.2 Å². The Hall–Kier alpha value is -2.09. The molecule has 156 valence electrons. The maximum absolute atomic E-state index is 11.6. The summed E-state index contributed by atoms with van der Waals surface area (Å²) in [7, 11) is 1.41. The Labute approximate surface area is 176 Å². The van der Waals surface area contributed by atoms with Crippen molar-refractivity contribution in [3.05, 3.63) is 59.7 Å². The molecule has 0 heterocycles. The summed E-state index contributed by atoms with van der Waals surface area (Å²) in [6, 6.07) is 16.6. The van der Waals surface area contributed by atoms with Gasteiger partial charge in [-0.3, -0.25) is 0 Å². The normalized spacial score (nSPS) is 19.1. The lowest BCUT2D eigenvalue weighted by Gasteiger charge is -2.28. The first-order valence-electron chi connectivity index (χ1n) is 11.5. The van der Waals surface area contributed by atoms with Gasteiger partial charge in [0.25, 0.3) is 0 Å². The number of methoxy groups -OCH3 is 1. The first-order valence-corrected chi connectivity index (χ1v) is 11.5. The van der Waals surface area contributed by atoms with Gasteiger partial charge in [0.05, 0.1) is 12.7 Å². The average Bonchev–Trinajstić information content (AvgIpc) is 2.78. The van der Waals surface area contributed by atoms with E-state index in [1.807, 2.05) is 24.3 Å². The van der Waals surface area contributed by atoms with Gasteiger partial charge in [-0.25, -0.2) is 4.79 Å². The molecule has 0 aromatic heterocycles. The van der Waals surface area contributed by atoms with Crippen molar-refractivity contribution in [1.82, 2.24) is 0 Å². The number of hydrogen-bond acceptors (Lipinski definition) is 2. The number of unbranched alkanes of at least 4 members (excludes halogenated alkanes) is 2. The second-order valence-corrected chi connectivity index (χ2v) is 8.69. The minimum atomic E-state index is -0.290. The maximum Gasteiger partial charge on any atom is 0.337 e. The molecule has 1 saturated carbocycles. The van der Waals surface area contributed by atoms with Crippen molar-refractivity contribution >= 4 is 5.97 Å². The minimum absolute atomic E-state index is 0.290. The molecular formula is C27H36O2. The van der Waals surface area contributed by atoms with Crippen LogP contribution in [0.1, 0.15) is 80.6 Å². The lowest BCUT2D eigenvalue weighted by atomic mass is 9.78. The summed E-state index contributed by atoms with van der Waals surface area (Å²) in [6.45, 7) is 2.30. The molecule has 1 aliphatic carbocycles. The smallest absolute Gasteiger partial charge is 0.337 e. The third kappa shape index (κ3) is 6.45. The molecule has 29 heavy (non-hydrogen) atoms. The van der Waals surface area contributed by atoms with Gasteiger partial charge in [0.2, 0.25) is 0 Å². The third-order valence-electron chi connectivity index (χ3n) is 6.62. The zero-order valence-corrected chi connectivity index (χ0v) is 18.2. The molecule has 0 atom stereocenters. The SMILES string of the molecule is CCCCC[C@H]1CC[C@H](CCc2ccc(-c3ccc(C(=O)OC)cc3)cc2)CC1. The molecule has 2 nitrogen and oxygen atoms in total. The van der Waals surface area contributed by atoms with Crippen LogP contribution in [0.3, 0.4) is 0 Å². The molecule has 1 fully saturated rings. The van der Waals surface area contributed by atoms with Crippen molar-refractivity contribution in [1.29, 1.82) is 0 Å². The number of carbonyl (C=O) groups is 1. The van der Waals surface area contributed by atoms with Crippen LogP contribution < -0.4 is 0 Å². The quantitative estimate of drug-likeness (QED) is 0.327. The van der Waals surface area contributed by atoms with Gasteiger partial charge in [-0.05, 0) is 53.5 Å². The van der Waals surface area contributed by atoms with Crippen LogP contribution in [-0.2, 0) is 11.2 Å². The van der Waals surface area contributed by atoms with Crippen molar-refractivity contribution < 1.29 is 9.53 Å². The van der Waals surface area contributed by atoms with E-state index < -0.39 is 0 Å². The van der Waals surface area contributed by atoms with E-state index in [1.165, 1.54) is 82.4 Å². The van der Waals surface area contributed by atoms with E-state index in [0.29, 0.717) is 5.56 Å². The van der Waals surface area contributed by atoms with E-state index in [0.717, 1.165) is 17.4 Å². The van der Waals surface area contributed by atoms with Gasteiger partial charge in [-0.1, -0.05) is 94.7 Å². The summed E-state index contributed by atoms with van der Waals surface area (Å²) in [5, 5.41) is 0. The minimum Gasteiger partial charge on any atom is -0.465 e. The van der Waals surface area contributed by atoms with Crippen LogP contribution in [0, 0.1) is 11.8 Å². The van der Waals surface area contributed by atoms with Crippen LogP contribution in [0.5, 0.6) is 0 Å². The molecule has 0 aliphatic heterocycles. The van der Waals surface area contributed by atoms with E-state index in [1.54, 1.807) is 0 Å². The molecule has 0 bridgehead atoms. The highest BCUT2D eigenvalue weighted by Gasteiger charge is 2.20. The van der Waals surface area contributed by atoms with Crippen molar-refractivity contribution in [3.63, 3.8) is 0 Å². The number of esters is 1. The molecule has 2 aromatic rings. The fraction of sp³-hybridized carbons (Fsp3) is 0.519. The number of hydrogen-bond donors (Lipinski definition) is 0. The molecule has 1 aliphatic rings. The lowest BCUT2D eigenvalue weighted by molar-refractivity contribution is 0.0601. The summed E-state index contributed by atoms with van der Waals surface area (Å²) < 4.78 is 4.76. The predicted molar refractivity (Wildman–Crippen MR) is 121 cm³/mol. The van der Waals surface area contributed by atoms with Gasteiger partial charge in [0, 0.05) is 0 Å². The molecule has 0 N–H and O–H groups in total. The summed E-state index contributed by atoms with van der Waals surface area (Å²) in [5.41, 5.74) is 4.35.